The lowest BCUT2D eigenvalue weighted by atomic mass is 9.98. The third-order valence-corrected chi connectivity index (χ3v) is 5.27. The van der Waals surface area contributed by atoms with E-state index < -0.39 is 5.97 Å². The molecule has 170 valence electrons. The highest BCUT2D eigenvalue weighted by Crippen LogP contribution is 2.43. The molecule has 1 atom stereocenters. The highest BCUT2D eigenvalue weighted by atomic mass is 16.5. The molecular formula is C26H26N2O5. The minimum absolute atomic E-state index is 0.0258. The highest BCUT2D eigenvalue weighted by Gasteiger charge is 2.23. The van der Waals surface area contributed by atoms with E-state index in [-0.39, 0.29) is 19.1 Å². The number of benzene rings is 2. The van der Waals surface area contributed by atoms with Crippen molar-refractivity contribution in [1.82, 2.24) is 9.97 Å². The summed E-state index contributed by atoms with van der Waals surface area (Å²) in [5, 5.41) is 9.44. The largest absolute Gasteiger partial charge is 0.480 e. The van der Waals surface area contributed by atoms with Crippen molar-refractivity contribution in [3.05, 3.63) is 66.5 Å². The smallest absolute Gasteiger partial charge is 0.329 e. The van der Waals surface area contributed by atoms with Crippen LogP contribution >= 0.6 is 0 Å². The lowest BCUT2D eigenvalue weighted by Gasteiger charge is -2.13. The molecule has 2 heterocycles. The maximum Gasteiger partial charge on any atom is 0.329 e. The monoisotopic (exact) mass is 446 g/mol. The van der Waals surface area contributed by atoms with Crippen LogP contribution in [0.2, 0.25) is 0 Å². The van der Waals surface area contributed by atoms with Gasteiger partial charge in [-0.15, -0.1) is 0 Å². The molecule has 0 amide bonds. The van der Waals surface area contributed by atoms with Crippen molar-refractivity contribution in [2.24, 2.45) is 5.92 Å². The summed E-state index contributed by atoms with van der Waals surface area (Å²) in [5.74, 6) is 0.108. The third kappa shape index (κ3) is 5.21. The lowest BCUT2D eigenvalue weighted by Crippen LogP contribution is -2.18. The number of fused-ring (bicyclic) bond motifs is 1. The molecule has 1 N–H and O–H groups in total. The van der Waals surface area contributed by atoms with Gasteiger partial charge in [0.2, 0.25) is 11.6 Å². The van der Waals surface area contributed by atoms with Crippen LogP contribution in [0.1, 0.15) is 19.4 Å². The molecule has 2 aromatic carbocycles. The first-order valence-electron chi connectivity index (χ1n) is 10.9. The highest BCUT2D eigenvalue weighted by molar-refractivity contribution is 6.03. The normalized spacial score (nSPS) is 12.1. The minimum atomic E-state index is -0.994. The van der Waals surface area contributed by atoms with E-state index in [2.05, 4.69) is 41.2 Å². The first-order valence-corrected chi connectivity index (χ1v) is 10.9. The topological polar surface area (TPSA) is 94.7 Å². The number of ether oxygens (including phenoxy) is 2. The molecule has 0 aliphatic carbocycles. The number of aromatic nitrogens is 2. The second-order valence-corrected chi connectivity index (χ2v) is 7.91. The summed E-state index contributed by atoms with van der Waals surface area (Å²) < 4.78 is 17.4. The van der Waals surface area contributed by atoms with Crippen molar-refractivity contribution < 1.29 is 23.8 Å². The van der Waals surface area contributed by atoms with Crippen LogP contribution in [0.4, 0.5) is 0 Å². The number of hydrogen-bond acceptors (Lipinski definition) is 6. The summed E-state index contributed by atoms with van der Waals surface area (Å²) in [5.41, 5.74) is 4.50. The fourth-order valence-corrected chi connectivity index (χ4v) is 3.61. The third-order valence-electron chi connectivity index (χ3n) is 5.27. The molecule has 0 saturated carbocycles. The van der Waals surface area contributed by atoms with Crippen molar-refractivity contribution in [2.45, 2.75) is 20.3 Å². The minimum Gasteiger partial charge on any atom is -0.480 e. The van der Waals surface area contributed by atoms with Gasteiger partial charge in [0.05, 0.1) is 13.2 Å². The fourth-order valence-electron chi connectivity index (χ4n) is 3.61. The number of nitrogens with zero attached hydrogens (tertiary/aromatic N) is 2. The Morgan fingerprint density at radius 1 is 1.03 bits per heavy atom. The Balaban J connectivity index is 1.73. The summed E-state index contributed by atoms with van der Waals surface area (Å²) in [6.45, 7) is 4.30. The molecular weight excluding hydrogens is 420 g/mol. The Labute approximate surface area is 192 Å². The first kappa shape index (κ1) is 22.5. The number of carbonyl (C=O) groups is 1. The molecule has 7 nitrogen and oxygen atoms in total. The van der Waals surface area contributed by atoms with Gasteiger partial charge in [0.25, 0.3) is 0 Å². The standard InChI is InChI=1S/C26H26N2O5/c1-3-18-9-11-19(12-10-18)22-23-25(32-14-17(2)13-31-15-21(29)30)27-16-28-26(23)33-24(22)20-7-5-4-6-8-20/h4-12,16-17H,3,13-15H2,1-2H3,(H,29,30)/t17-/m0/s1. The summed E-state index contributed by atoms with van der Waals surface area (Å²) >= 11 is 0. The fraction of sp³-hybridized carbons (Fsp3) is 0.269. The number of furan rings is 1. The Hall–Kier alpha value is -3.71. The van der Waals surface area contributed by atoms with Crippen LogP contribution in [0, 0.1) is 5.92 Å². The van der Waals surface area contributed by atoms with E-state index in [9.17, 15) is 4.79 Å². The van der Waals surface area contributed by atoms with Crippen LogP contribution < -0.4 is 4.74 Å². The van der Waals surface area contributed by atoms with Gasteiger partial charge in [0, 0.05) is 17.0 Å². The van der Waals surface area contributed by atoms with Crippen LogP contribution in [-0.4, -0.2) is 40.9 Å². The molecule has 0 spiro atoms. The van der Waals surface area contributed by atoms with Crippen LogP contribution in [0.25, 0.3) is 33.6 Å². The van der Waals surface area contributed by atoms with Gasteiger partial charge in [-0.1, -0.05) is 68.4 Å². The summed E-state index contributed by atoms with van der Waals surface area (Å²) in [4.78, 5) is 19.4. The summed E-state index contributed by atoms with van der Waals surface area (Å²) in [6.07, 6.45) is 2.38. The van der Waals surface area contributed by atoms with Crippen LogP contribution in [0.15, 0.2) is 65.3 Å². The zero-order valence-electron chi connectivity index (χ0n) is 18.7. The molecule has 7 heteroatoms. The average molecular weight is 447 g/mol. The molecule has 4 aromatic rings. The lowest BCUT2D eigenvalue weighted by molar-refractivity contribution is -0.142. The van der Waals surface area contributed by atoms with Crippen molar-refractivity contribution in [3.63, 3.8) is 0 Å². The predicted octanol–water partition coefficient (Wildman–Crippen LogP) is 5.24. The van der Waals surface area contributed by atoms with Gasteiger partial charge in [-0.3, -0.25) is 0 Å². The Morgan fingerprint density at radius 3 is 2.48 bits per heavy atom. The van der Waals surface area contributed by atoms with Gasteiger partial charge >= 0.3 is 5.97 Å². The number of carboxylic acids is 1. The molecule has 2 aromatic heterocycles. The van der Waals surface area contributed by atoms with Gasteiger partial charge in [-0.25, -0.2) is 14.8 Å². The number of aliphatic carboxylic acids is 1. The molecule has 4 rings (SSSR count). The van der Waals surface area contributed by atoms with Crippen molar-refractivity contribution >= 4 is 17.1 Å². The van der Waals surface area contributed by atoms with Crippen molar-refractivity contribution in [2.75, 3.05) is 19.8 Å². The van der Waals surface area contributed by atoms with E-state index >= 15 is 0 Å². The summed E-state index contributed by atoms with van der Waals surface area (Å²) in [6, 6.07) is 18.3. The van der Waals surface area contributed by atoms with Crippen LogP contribution in [0.5, 0.6) is 5.88 Å². The Bertz CT molecular complexity index is 1220. The molecule has 0 fully saturated rings. The van der Waals surface area contributed by atoms with E-state index in [4.69, 9.17) is 19.0 Å². The summed E-state index contributed by atoms with van der Waals surface area (Å²) in [7, 11) is 0. The Kier molecular flexibility index (Phi) is 7.00. The maximum absolute atomic E-state index is 10.7. The average Bonchev–Trinajstić information content (AvgIpc) is 3.23. The van der Waals surface area contributed by atoms with Crippen molar-refractivity contribution in [1.29, 1.82) is 0 Å². The maximum atomic E-state index is 10.7. The predicted molar refractivity (Wildman–Crippen MR) is 125 cm³/mol. The van der Waals surface area contributed by atoms with E-state index in [0.717, 1.165) is 23.1 Å². The molecule has 0 radical (unpaired) electrons. The zero-order valence-corrected chi connectivity index (χ0v) is 18.7. The molecule has 0 aliphatic rings. The number of carboxylic acid groups (broad SMARTS) is 1. The number of rotatable bonds is 10. The van der Waals surface area contributed by atoms with E-state index in [1.807, 2.05) is 37.3 Å². The van der Waals surface area contributed by atoms with Gasteiger partial charge < -0.3 is 19.0 Å². The second kappa shape index (κ2) is 10.3. The van der Waals surface area contributed by atoms with Crippen molar-refractivity contribution in [3.8, 4) is 28.3 Å². The first-order chi connectivity index (χ1) is 16.1. The van der Waals surface area contributed by atoms with Crippen LogP contribution in [0.3, 0.4) is 0 Å². The van der Waals surface area contributed by atoms with E-state index in [0.29, 0.717) is 29.3 Å². The molecule has 33 heavy (non-hydrogen) atoms. The SMILES string of the molecule is CCc1ccc(-c2c(-c3ccccc3)oc3ncnc(OC[C@@H](C)COCC(=O)O)c23)cc1. The van der Waals surface area contributed by atoms with Gasteiger partial charge in [0.15, 0.2) is 0 Å². The van der Waals surface area contributed by atoms with E-state index in [1.165, 1.54) is 11.9 Å². The molecule has 0 aliphatic heterocycles. The number of aryl methyl sites for hydroxylation is 1. The Morgan fingerprint density at radius 2 is 1.79 bits per heavy atom. The van der Waals surface area contributed by atoms with Gasteiger partial charge in [0.1, 0.15) is 24.1 Å². The van der Waals surface area contributed by atoms with Gasteiger partial charge in [-0.05, 0) is 17.5 Å². The van der Waals surface area contributed by atoms with E-state index in [1.54, 1.807) is 0 Å². The quantitative estimate of drug-likeness (QED) is 0.356. The van der Waals surface area contributed by atoms with Crippen LogP contribution in [-0.2, 0) is 16.0 Å². The molecule has 0 saturated heterocycles. The second-order valence-electron chi connectivity index (χ2n) is 7.91. The molecule has 0 unspecified atom stereocenters. The number of hydrogen-bond donors (Lipinski definition) is 1. The molecule has 0 bridgehead atoms. The van der Waals surface area contributed by atoms with Gasteiger partial charge in [-0.2, -0.15) is 0 Å². The zero-order chi connectivity index (χ0) is 23.2.